The fraction of sp³-hybridized carbons (Fsp3) is 0.600. The molecule has 0 aliphatic rings. The van der Waals surface area contributed by atoms with Crippen molar-refractivity contribution in [1.82, 2.24) is 42.2 Å². The highest BCUT2D eigenvalue weighted by Gasteiger charge is 2.36. The zero-order chi connectivity index (χ0) is 60.2. The number of guanidine groups is 4. The maximum absolute atomic E-state index is 14.8. The number of carbonyl (C=O) groups excluding carboxylic acids is 7. The number of H-pyrrole nitrogens is 1. The highest BCUT2D eigenvalue weighted by atomic mass is 16.4. The van der Waals surface area contributed by atoms with Gasteiger partial charge in [-0.15, -0.1) is 0 Å². The number of nitrogens with two attached hydrogens (primary N) is 9. The zero-order valence-electron chi connectivity index (χ0n) is 46.6. The van der Waals surface area contributed by atoms with Gasteiger partial charge >= 0.3 is 5.97 Å². The van der Waals surface area contributed by atoms with Crippen LogP contribution in [-0.2, 0) is 44.8 Å². The standard InChI is InChI=1S/C50H87N21O9/c1-25(2)36(51)43(76)71-38(27(5)6)45(78)66-32(16-10-20-61-48(54)55)39(72)65-31(15-9-19-60-47(52)53)41(74)69-35(23-28-24-64-30-14-8-7-13-29(28)30)42(75)70-37(26(3)4)44(77)67-33(17-11-21-62-49(56)57)40(73)68-34(46(79)80)18-12-22-63-50(58)59/h7-8,13-14,24-27,31-38,64H,9-12,15-23,51H2,1-6H3,(H,65,72)(H,66,78)(H,67,77)(H,68,73)(H,69,74)(H,70,75)(H,71,76)(H,79,80)(H4,52,53,60)(H4,54,55,61)(H4,56,57,62)(H4,58,59,63)/t31-,32-,33-,34-,35-,36-,37-,38-/m0/s1. The predicted molar refractivity (Wildman–Crippen MR) is 305 cm³/mol. The largest absolute Gasteiger partial charge is 0.480 e. The van der Waals surface area contributed by atoms with Gasteiger partial charge < -0.3 is 98.9 Å². The molecule has 446 valence electrons. The summed E-state index contributed by atoms with van der Waals surface area (Å²) in [5, 5.41) is 29.4. The SMILES string of the molecule is CC(C)[C@H](N)C(=O)N[C@H](C(=O)N[C@@H](CCCN=C(N)N)C(=O)N[C@@H](CCCN=C(N)N)C(=O)N[C@@H](Cc1c[nH]c2ccccc12)C(=O)N[C@H](C(=O)N[C@@H](CCCN=C(N)N)C(=O)N[C@@H](CCCN=C(N)N)C(=O)O)C(C)C)C(C)C. The van der Waals surface area contributed by atoms with Crippen LogP contribution in [0.15, 0.2) is 50.4 Å². The van der Waals surface area contributed by atoms with Crippen molar-refractivity contribution < 1.29 is 43.5 Å². The fourth-order valence-electron chi connectivity index (χ4n) is 8.02. The molecule has 0 aliphatic carbocycles. The van der Waals surface area contributed by atoms with Crippen LogP contribution in [0, 0.1) is 17.8 Å². The molecule has 27 N–H and O–H groups in total. The number of amides is 7. The number of carboxylic acid groups (broad SMARTS) is 1. The van der Waals surface area contributed by atoms with Gasteiger partial charge in [-0.25, -0.2) is 4.79 Å². The predicted octanol–water partition coefficient (Wildman–Crippen LogP) is -4.30. The van der Waals surface area contributed by atoms with E-state index in [2.05, 4.69) is 62.2 Å². The molecule has 8 atom stereocenters. The molecule has 0 spiro atoms. The summed E-state index contributed by atoms with van der Waals surface area (Å²) in [6.07, 6.45) is 1.93. The van der Waals surface area contributed by atoms with E-state index in [1.54, 1.807) is 59.9 Å². The summed E-state index contributed by atoms with van der Waals surface area (Å²) in [5.74, 6) is -9.01. The number of carboxylic acids is 1. The molecule has 0 unspecified atom stereocenters. The second-order valence-electron chi connectivity index (χ2n) is 20.2. The molecular weight excluding hydrogens is 1040 g/mol. The average molecular weight is 1130 g/mol. The van der Waals surface area contributed by atoms with Gasteiger partial charge in [0, 0.05) is 49.7 Å². The van der Waals surface area contributed by atoms with Gasteiger partial charge in [-0.2, -0.15) is 0 Å². The van der Waals surface area contributed by atoms with E-state index in [1.807, 2.05) is 12.1 Å². The van der Waals surface area contributed by atoms with Crippen molar-refractivity contribution in [1.29, 1.82) is 0 Å². The minimum absolute atomic E-state index is 0.0308. The summed E-state index contributed by atoms with van der Waals surface area (Å²) in [4.78, 5) is 130. The highest BCUT2D eigenvalue weighted by molar-refractivity contribution is 5.98. The number of nitrogens with zero attached hydrogens (tertiary/aromatic N) is 4. The maximum Gasteiger partial charge on any atom is 0.326 e. The molecule has 80 heavy (non-hydrogen) atoms. The molecule has 1 aromatic heterocycles. The van der Waals surface area contributed by atoms with E-state index in [1.165, 1.54) is 0 Å². The summed E-state index contributed by atoms with van der Waals surface area (Å²) in [6.45, 7) is 10.4. The topological polar surface area (TPSA) is 540 Å². The molecule has 30 heteroatoms. The Bertz CT molecular complexity index is 2500. The number of hydrogen-bond acceptors (Lipinski definition) is 13. The summed E-state index contributed by atoms with van der Waals surface area (Å²) in [6, 6.07) is -3.10. The number of rotatable bonds is 36. The molecule has 1 aromatic carbocycles. The monoisotopic (exact) mass is 1130 g/mol. The molecule has 2 rings (SSSR count). The Hall–Kier alpha value is -8.44. The van der Waals surface area contributed by atoms with E-state index < -0.39 is 107 Å². The van der Waals surface area contributed by atoms with Crippen LogP contribution in [0.5, 0.6) is 0 Å². The van der Waals surface area contributed by atoms with Gasteiger partial charge in [-0.3, -0.25) is 53.5 Å². The van der Waals surface area contributed by atoms with Crippen molar-refractivity contribution in [2.75, 3.05) is 26.2 Å². The number of carbonyl (C=O) groups is 8. The van der Waals surface area contributed by atoms with Crippen molar-refractivity contribution in [2.45, 2.75) is 148 Å². The molecule has 0 saturated carbocycles. The van der Waals surface area contributed by atoms with E-state index >= 15 is 0 Å². The Morgan fingerprint density at radius 1 is 0.463 bits per heavy atom. The van der Waals surface area contributed by atoms with E-state index in [0.717, 1.165) is 5.52 Å². The lowest BCUT2D eigenvalue weighted by Crippen LogP contribution is -2.61. The number of para-hydroxylation sites is 1. The van der Waals surface area contributed by atoms with Gasteiger partial charge in [-0.1, -0.05) is 59.7 Å². The van der Waals surface area contributed by atoms with Crippen LogP contribution in [-0.4, -0.2) is 156 Å². The highest BCUT2D eigenvalue weighted by Crippen LogP contribution is 2.20. The second-order valence-corrected chi connectivity index (χ2v) is 20.2. The van der Waals surface area contributed by atoms with E-state index in [4.69, 9.17) is 51.6 Å². The molecule has 2 aromatic rings. The van der Waals surface area contributed by atoms with Gasteiger partial charge in [0.1, 0.15) is 42.3 Å². The fourth-order valence-corrected chi connectivity index (χ4v) is 8.02. The first-order chi connectivity index (χ1) is 37.6. The van der Waals surface area contributed by atoms with E-state index in [-0.39, 0.29) is 114 Å². The minimum Gasteiger partial charge on any atom is -0.480 e. The van der Waals surface area contributed by atoms with Gasteiger partial charge in [0.2, 0.25) is 41.4 Å². The second kappa shape index (κ2) is 34.4. The van der Waals surface area contributed by atoms with Crippen molar-refractivity contribution in [2.24, 2.45) is 89.3 Å². The van der Waals surface area contributed by atoms with Gasteiger partial charge in [0.25, 0.3) is 0 Å². The number of aromatic amines is 1. The number of aromatic nitrogens is 1. The lowest BCUT2D eigenvalue weighted by atomic mass is 9.99. The Morgan fingerprint density at radius 3 is 1.18 bits per heavy atom. The molecule has 0 radical (unpaired) electrons. The van der Waals surface area contributed by atoms with Crippen molar-refractivity contribution in [3.8, 4) is 0 Å². The Labute approximate surface area is 465 Å². The van der Waals surface area contributed by atoms with Crippen molar-refractivity contribution in [3.05, 3.63) is 36.0 Å². The van der Waals surface area contributed by atoms with Gasteiger partial charge in [0.15, 0.2) is 23.8 Å². The summed E-state index contributed by atoms with van der Waals surface area (Å²) >= 11 is 0. The average Bonchev–Trinajstić information content (AvgIpc) is 3.79. The van der Waals surface area contributed by atoms with Crippen LogP contribution in [0.25, 0.3) is 10.9 Å². The molecule has 0 fully saturated rings. The van der Waals surface area contributed by atoms with Crippen LogP contribution >= 0.6 is 0 Å². The normalized spacial score (nSPS) is 14.1. The third kappa shape index (κ3) is 24.5. The number of nitrogens with one attached hydrogen (secondary N) is 8. The van der Waals surface area contributed by atoms with Crippen molar-refractivity contribution in [3.63, 3.8) is 0 Å². The van der Waals surface area contributed by atoms with E-state index in [0.29, 0.717) is 10.9 Å². The Kier molecular flexibility index (Phi) is 29.1. The smallest absolute Gasteiger partial charge is 0.326 e. The molecule has 0 saturated heterocycles. The minimum atomic E-state index is -1.44. The first-order valence-electron chi connectivity index (χ1n) is 26.5. The molecule has 0 aliphatic heterocycles. The number of hydrogen-bond donors (Lipinski definition) is 18. The van der Waals surface area contributed by atoms with Crippen LogP contribution in [0.3, 0.4) is 0 Å². The maximum atomic E-state index is 14.8. The first kappa shape index (κ1) is 67.7. The molecular formula is C50H87N21O9. The van der Waals surface area contributed by atoms with Gasteiger partial charge in [-0.05, 0) is 80.8 Å². The third-order valence-corrected chi connectivity index (χ3v) is 12.5. The van der Waals surface area contributed by atoms with Crippen molar-refractivity contribution >= 4 is 82.1 Å². The number of aliphatic imine (C=N–C) groups is 4. The van der Waals surface area contributed by atoms with Crippen LogP contribution in [0.1, 0.15) is 98.5 Å². The quantitative estimate of drug-likeness (QED) is 0.0174. The summed E-state index contributed by atoms with van der Waals surface area (Å²) in [5.41, 5.74) is 51.4. The summed E-state index contributed by atoms with van der Waals surface area (Å²) < 4.78 is 0. The van der Waals surface area contributed by atoms with Crippen LogP contribution < -0.4 is 88.8 Å². The molecule has 1 heterocycles. The molecule has 7 amide bonds. The number of fused-ring (bicyclic) bond motifs is 1. The third-order valence-electron chi connectivity index (χ3n) is 12.5. The Balaban J connectivity index is 2.62. The number of benzene rings is 1. The number of aliphatic carboxylic acids is 1. The first-order valence-corrected chi connectivity index (χ1v) is 26.5. The van der Waals surface area contributed by atoms with Gasteiger partial charge in [0.05, 0.1) is 6.04 Å². The summed E-state index contributed by atoms with van der Waals surface area (Å²) in [7, 11) is 0. The van der Waals surface area contributed by atoms with E-state index in [9.17, 15) is 43.5 Å². The lowest BCUT2D eigenvalue weighted by Gasteiger charge is -2.29. The lowest BCUT2D eigenvalue weighted by molar-refractivity contribution is -0.142. The Morgan fingerprint density at radius 2 is 0.800 bits per heavy atom. The molecule has 30 nitrogen and oxygen atoms in total. The molecule has 0 bridgehead atoms. The van der Waals surface area contributed by atoms with Crippen LogP contribution in [0.2, 0.25) is 0 Å². The zero-order valence-corrected chi connectivity index (χ0v) is 46.6. The van der Waals surface area contributed by atoms with Crippen LogP contribution in [0.4, 0.5) is 0 Å².